The molecule has 0 unspecified atom stereocenters. The first-order chi connectivity index (χ1) is 15.9. The monoisotopic (exact) mass is 491 g/mol. The lowest BCUT2D eigenvalue weighted by Gasteiger charge is -2.10. The molecule has 0 spiro atoms. The predicted octanol–water partition coefficient (Wildman–Crippen LogP) is 2.62. The van der Waals surface area contributed by atoms with Crippen LogP contribution in [-0.2, 0) is 18.4 Å². The maximum Gasteiger partial charge on any atom is 0.269 e. The molecule has 0 saturated carbocycles. The zero-order valence-electron chi connectivity index (χ0n) is 18.1. The van der Waals surface area contributed by atoms with Gasteiger partial charge in [-0.25, -0.2) is 0 Å². The van der Waals surface area contributed by atoms with Crippen molar-refractivity contribution in [3.05, 3.63) is 58.9 Å². The average molecular weight is 492 g/mol. The van der Waals surface area contributed by atoms with Crippen LogP contribution >= 0.6 is 23.4 Å². The highest BCUT2D eigenvalue weighted by Gasteiger charge is 2.14. The first-order valence-electron chi connectivity index (χ1n) is 9.62. The van der Waals surface area contributed by atoms with Crippen LogP contribution in [0.5, 0.6) is 17.2 Å². The molecule has 174 valence electrons. The second-order valence-electron chi connectivity index (χ2n) is 6.54. The number of aromatic nitrogens is 3. The molecule has 1 aromatic heterocycles. The second-order valence-corrected chi connectivity index (χ2v) is 7.89. The van der Waals surface area contributed by atoms with Crippen LogP contribution in [-0.4, -0.2) is 46.6 Å². The fraction of sp³-hybridized carbons (Fsp3) is 0.238. The highest BCUT2D eigenvalue weighted by molar-refractivity contribution is 7.99. The van der Waals surface area contributed by atoms with E-state index in [1.807, 2.05) is 12.1 Å². The highest BCUT2D eigenvalue weighted by atomic mass is 35.5. The van der Waals surface area contributed by atoms with Crippen LogP contribution in [0.1, 0.15) is 16.2 Å². The fourth-order valence-electron chi connectivity index (χ4n) is 2.64. The van der Waals surface area contributed by atoms with Crippen LogP contribution in [0, 0.1) is 0 Å². The summed E-state index contributed by atoms with van der Waals surface area (Å²) in [5.41, 5.74) is 5.03. The van der Waals surface area contributed by atoms with Gasteiger partial charge in [0.2, 0.25) is 5.91 Å². The summed E-state index contributed by atoms with van der Waals surface area (Å²) in [6.07, 6.45) is 0. The number of carbonyl (C=O) groups excluding carboxylic acids is 2. The van der Waals surface area contributed by atoms with Gasteiger partial charge in [-0.3, -0.25) is 20.4 Å². The number of methoxy groups -OCH3 is 2. The van der Waals surface area contributed by atoms with Crippen molar-refractivity contribution in [1.82, 2.24) is 25.6 Å². The summed E-state index contributed by atoms with van der Waals surface area (Å²) < 4.78 is 17.7. The normalized spacial score (nSPS) is 10.4. The number of halogens is 1. The van der Waals surface area contributed by atoms with Gasteiger partial charge in [0.15, 0.2) is 22.5 Å². The Morgan fingerprint density at radius 1 is 1.03 bits per heavy atom. The number of rotatable bonds is 9. The fourth-order valence-corrected chi connectivity index (χ4v) is 3.56. The van der Waals surface area contributed by atoms with Crippen molar-refractivity contribution in [3.8, 4) is 17.2 Å². The lowest BCUT2D eigenvalue weighted by Crippen LogP contribution is -2.42. The Kier molecular flexibility index (Phi) is 8.39. The van der Waals surface area contributed by atoms with Gasteiger partial charge in [0.1, 0.15) is 12.4 Å². The summed E-state index contributed by atoms with van der Waals surface area (Å²) in [6.45, 7) is 0.168. The SMILES string of the molecule is COc1ccc(C(=O)NNC(=O)CSc2nnc(COc3ccccc3Cl)n2C)cc1OC. The van der Waals surface area contributed by atoms with Crippen LogP contribution in [0.25, 0.3) is 0 Å². The second kappa shape index (κ2) is 11.4. The number of benzene rings is 2. The third kappa shape index (κ3) is 6.30. The predicted molar refractivity (Wildman–Crippen MR) is 123 cm³/mol. The molecule has 0 aliphatic rings. The molecular formula is C21H22ClN5O5S. The standard InChI is InChI=1S/C21H22ClN5O5S/c1-27-18(11-32-15-7-5-4-6-14(15)22)23-26-21(27)33-12-19(28)24-25-20(29)13-8-9-16(30-2)17(10-13)31-3/h4-10H,11-12H2,1-3H3,(H,24,28)(H,25,29). The number of para-hydroxylation sites is 1. The van der Waals surface area contributed by atoms with Gasteiger partial charge in [0.25, 0.3) is 5.91 Å². The van der Waals surface area contributed by atoms with Crippen molar-refractivity contribution in [2.75, 3.05) is 20.0 Å². The molecule has 2 amide bonds. The van der Waals surface area contributed by atoms with Gasteiger partial charge >= 0.3 is 0 Å². The van der Waals surface area contributed by atoms with Gasteiger partial charge in [-0.15, -0.1) is 10.2 Å². The van der Waals surface area contributed by atoms with E-state index in [0.717, 1.165) is 0 Å². The first kappa shape index (κ1) is 24.2. The summed E-state index contributed by atoms with van der Waals surface area (Å²) in [4.78, 5) is 24.4. The van der Waals surface area contributed by atoms with Crippen LogP contribution < -0.4 is 25.1 Å². The Hall–Kier alpha value is -3.44. The van der Waals surface area contributed by atoms with Crippen molar-refractivity contribution in [3.63, 3.8) is 0 Å². The van der Waals surface area contributed by atoms with Crippen molar-refractivity contribution in [2.45, 2.75) is 11.8 Å². The van der Waals surface area contributed by atoms with Crippen molar-refractivity contribution < 1.29 is 23.8 Å². The zero-order chi connectivity index (χ0) is 23.8. The van der Waals surface area contributed by atoms with Gasteiger partial charge in [0.05, 0.1) is 25.0 Å². The number of amides is 2. The molecular weight excluding hydrogens is 470 g/mol. The summed E-state index contributed by atoms with van der Waals surface area (Å²) in [5.74, 6) is 1.13. The quantitative estimate of drug-likeness (QED) is 0.346. The lowest BCUT2D eigenvalue weighted by atomic mass is 10.2. The highest BCUT2D eigenvalue weighted by Crippen LogP contribution is 2.27. The number of ether oxygens (including phenoxy) is 3. The van der Waals surface area contributed by atoms with Gasteiger partial charge < -0.3 is 18.8 Å². The van der Waals surface area contributed by atoms with E-state index in [9.17, 15) is 9.59 Å². The molecule has 0 aliphatic carbocycles. The first-order valence-corrected chi connectivity index (χ1v) is 11.0. The minimum Gasteiger partial charge on any atom is -0.493 e. The molecule has 0 aliphatic heterocycles. The summed E-state index contributed by atoms with van der Waals surface area (Å²) in [5, 5.41) is 9.18. The number of carbonyl (C=O) groups is 2. The van der Waals surface area contributed by atoms with Crippen molar-refractivity contribution in [2.24, 2.45) is 7.05 Å². The number of hydrogen-bond donors (Lipinski definition) is 2. The smallest absolute Gasteiger partial charge is 0.269 e. The maximum atomic E-state index is 12.3. The molecule has 3 rings (SSSR count). The summed E-state index contributed by atoms with van der Waals surface area (Å²) in [6, 6.07) is 11.8. The molecule has 2 N–H and O–H groups in total. The minimum absolute atomic E-state index is 0.0174. The Morgan fingerprint density at radius 2 is 1.79 bits per heavy atom. The van der Waals surface area contributed by atoms with E-state index in [1.54, 1.807) is 35.9 Å². The number of nitrogens with zero attached hydrogens (tertiary/aromatic N) is 3. The molecule has 0 radical (unpaired) electrons. The minimum atomic E-state index is -0.494. The zero-order valence-corrected chi connectivity index (χ0v) is 19.7. The summed E-state index contributed by atoms with van der Waals surface area (Å²) in [7, 11) is 4.74. The molecule has 2 aromatic carbocycles. The van der Waals surface area contributed by atoms with E-state index >= 15 is 0 Å². The Balaban J connectivity index is 1.48. The molecule has 12 heteroatoms. The topological polar surface area (TPSA) is 117 Å². The number of hydrazine groups is 1. The van der Waals surface area contributed by atoms with E-state index in [0.29, 0.717) is 38.8 Å². The van der Waals surface area contributed by atoms with Gasteiger partial charge in [0, 0.05) is 12.6 Å². The average Bonchev–Trinajstić information content (AvgIpc) is 3.19. The van der Waals surface area contributed by atoms with Crippen molar-refractivity contribution in [1.29, 1.82) is 0 Å². The third-order valence-electron chi connectivity index (χ3n) is 4.41. The molecule has 0 bridgehead atoms. The van der Waals surface area contributed by atoms with Crippen LogP contribution in [0.4, 0.5) is 0 Å². The van der Waals surface area contributed by atoms with E-state index in [2.05, 4.69) is 21.0 Å². The van der Waals surface area contributed by atoms with E-state index in [-0.39, 0.29) is 12.4 Å². The third-order valence-corrected chi connectivity index (χ3v) is 5.74. The Morgan fingerprint density at radius 3 is 2.52 bits per heavy atom. The molecule has 1 heterocycles. The van der Waals surface area contributed by atoms with E-state index in [4.69, 9.17) is 25.8 Å². The van der Waals surface area contributed by atoms with E-state index < -0.39 is 11.8 Å². The number of hydrogen-bond acceptors (Lipinski definition) is 8. The van der Waals surface area contributed by atoms with Crippen molar-refractivity contribution >= 4 is 35.2 Å². The van der Waals surface area contributed by atoms with Crippen LogP contribution in [0.2, 0.25) is 5.02 Å². The molecule has 10 nitrogen and oxygen atoms in total. The molecule has 33 heavy (non-hydrogen) atoms. The maximum absolute atomic E-state index is 12.3. The number of thioether (sulfide) groups is 1. The van der Waals surface area contributed by atoms with Gasteiger partial charge in [-0.2, -0.15) is 0 Å². The van der Waals surface area contributed by atoms with E-state index in [1.165, 1.54) is 32.0 Å². The van der Waals surface area contributed by atoms with Crippen LogP contribution in [0.3, 0.4) is 0 Å². The molecule has 0 atom stereocenters. The van der Waals surface area contributed by atoms with Gasteiger partial charge in [-0.1, -0.05) is 35.5 Å². The van der Waals surface area contributed by atoms with Crippen LogP contribution in [0.15, 0.2) is 47.6 Å². The Labute approximate surface area is 199 Å². The summed E-state index contributed by atoms with van der Waals surface area (Å²) >= 11 is 7.25. The van der Waals surface area contributed by atoms with Gasteiger partial charge in [-0.05, 0) is 30.3 Å². The molecule has 0 saturated heterocycles. The lowest BCUT2D eigenvalue weighted by molar-refractivity contribution is -0.119. The molecule has 0 fully saturated rings. The largest absolute Gasteiger partial charge is 0.493 e. The Bertz CT molecular complexity index is 1140. The molecule has 3 aromatic rings. The number of nitrogens with one attached hydrogen (secondary N) is 2.